The maximum absolute atomic E-state index is 10.5. The lowest BCUT2D eigenvalue weighted by molar-refractivity contribution is -0.172. The summed E-state index contributed by atoms with van der Waals surface area (Å²) in [5.74, 6) is -1.81. The monoisotopic (exact) mass is 142 g/mol. The molecule has 5 heteroatoms. The molecule has 1 rings (SSSR count). The third-order valence-electron chi connectivity index (χ3n) is 1.09. The molecule has 1 fully saturated rings. The fourth-order valence-electron chi connectivity index (χ4n) is 0.620. The third-order valence-corrected chi connectivity index (χ3v) is 1.09. The van der Waals surface area contributed by atoms with Gasteiger partial charge in [-0.3, -0.25) is 0 Å². The van der Waals surface area contributed by atoms with Crippen molar-refractivity contribution in [3.8, 4) is 0 Å². The van der Waals surface area contributed by atoms with Crippen molar-refractivity contribution in [3.05, 3.63) is 0 Å². The van der Waals surface area contributed by atoms with Gasteiger partial charge in [0.05, 0.1) is 0 Å². The van der Waals surface area contributed by atoms with Crippen molar-refractivity contribution >= 4 is 19.4 Å². The van der Waals surface area contributed by atoms with Crippen molar-refractivity contribution in [2.75, 3.05) is 0 Å². The molecule has 1 aliphatic heterocycles. The zero-order valence-corrected chi connectivity index (χ0v) is 5.84. The summed E-state index contributed by atoms with van der Waals surface area (Å²) >= 11 is 0. The van der Waals surface area contributed by atoms with E-state index in [1.165, 1.54) is 0 Å². The summed E-state index contributed by atoms with van der Waals surface area (Å²) in [6.45, 7) is 3.36. The molecule has 0 atom stereocenters. The van der Waals surface area contributed by atoms with Crippen LogP contribution >= 0.6 is 0 Å². The van der Waals surface area contributed by atoms with Gasteiger partial charge in [-0.2, -0.15) is 0 Å². The zero-order chi connectivity index (χ0) is 7.78. The van der Waals surface area contributed by atoms with Crippen LogP contribution in [0.4, 0.5) is 0 Å². The van der Waals surface area contributed by atoms with Gasteiger partial charge < -0.3 is 9.39 Å². The number of ether oxygens (including phenoxy) is 1. The number of cyclic esters (lactones) is 1. The highest BCUT2D eigenvalue weighted by Gasteiger charge is 2.37. The Morgan fingerprint density at radius 1 is 1.30 bits per heavy atom. The van der Waals surface area contributed by atoms with Crippen LogP contribution in [-0.2, 0) is 19.0 Å². The summed E-state index contributed by atoms with van der Waals surface area (Å²) in [7, 11) is 0.136. The molecule has 0 aliphatic carbocycles. The minimum atomic E-state index is -0.906. The van der Waals surface area contributed by atoms with E-state index in [4.69, 9.17) is 0 Å². The first-order valence-corrected chi connectivity index (χ1v) is 2.91. The van der Waals surface area contributed by atoms with Gasteiger partial charge in [0.2, 0.25) is 0 Å². The Labute approximate surface area is 58.8 Å². The fraction of sp³-hybridized carbons (Fsp3) is 0.600. The van der Waals surface area contributed by atoms with Crippen LogP contribution in [0.25, 0.3) is 0 Å². The topological polar surface area (TPSA) is 52.6 Å². The predicted octanol–water partition coefficient (Wildman–Crippen LogP) is -0.826. The van der Waals surface area contributed by atoms with Crippen molar-refractivity contribution in [2.45, 2.75) is 19.3 Å². The molecule has 1 aliphatic rings. The summed E-state index contributed by atoms with van der Waals surface area (Å²) in [5, 5.41) is 0. The molecule has 0 radical (unpaired) electrons. The Hall–Kier alpha value is -0.995. The second-order valence-electron chi connectivity index (χ2n) is 2.73. The van der Waals surface area contributed by atoms with Crippen molar-refractivity contribution in [1.82, 2.24) is 0 Å². The van der Waals surface area contributed by atoms with Gasteiger partial charge in [-0.1, -0.05) is 0 Å². The molecule has 0 bridgehead atoms. The van der Waals surface area contributed by atoms with E-state index in [-0.39, 0.29) is 7.48 Å². The second kappa shape index (κ2) is 2.00. The summed E-state index contributed by atoms with van der Waals surface area (Å²) in [6, 6.07) is 0. The van der Waals surface area contributed by atoms with Gasteiger partial charge in [-0.05, 0) is 13.8 Å². The highest BCUT2D eigenvalue weighted by molar-refractivity contribution is 6.45. The van der Waals surface area contributed by atoms with Crippen LogP contribution in [0.3, 0.4) is 0 Å². The maximum atomic E-state index is 10.5. The van der Waals surface area contributed by atoms with Crippen LogP contribution in [0, 0.1) is 0 Å². The van der Waals surface area contributed by atoms with E-state index in [1.807, 2.05) is 0 Å². The number of carbonyl (C=O) groups excluding carboxylic acids is 2. The van der Waals surface area contributed by atoms with E-state index >= 15 is 0 Å². The first kappa shape index (κ1) is 7.12. The molecule has 1 heterocycles. The van der Waals surface area contributed by atoms with E-state index in [0.717, 1.165) is 0 Å². The average Bonchev–Trinajstić information content (AvgIpc) is 1.79. The minimum absolute atomic E-state index is 0.136. The van der Waals surface area contributed by atoms with Crippen LogP contribution in [0.5, 0.6) is 0 Å². The van der Waals surface area contributed by atoms with Crippen LogP contribution in [0.15, 0.2) is 0 Å². The summed E-state index contributed by atoms with van der Waals surface area (Å²) in [6.07, 6.45) is 0. The Kier molecular flexibility index (Phi) is 1.43. The minimum Gasteiger partial charge on any atom is -0.527 e. The number of esters is 1. The van der Waals surface area contributed by atoms with Gasteiger partial charge in [0.1, 0.15) is 5.50 Å². The summed E-state index contributed by atoms with van der Waals surface area (Å²) < 4.78 is 9.16. The van der Waals surface area contributed by atoms with Gasteiger partial charge in [0, 0.05) is 0 Å². The van der Waals surface area contributed by atoms with E-state index < -0.39 is 17.4 Å². The van der Waals surface area contributed by atoms with Gasteiger partial charge in [0.15, 0.2) is 0 Å². The van der Waals surface area contributed by atoms with Crippen LogP contribution < -0.4 is 0 Å². The van der Waals surface area contributed by atoms with Crippen LogP contribution in [0.1, 0.15) is 13.8 Å². The third kappa shape index (κ3) is 1.29. The SMILES string of the molecule is CC1(C)BOC(=O)C(=O)O1. The van der Waals surface area contributed by atoms with Gasteiger partial charge in [-0.15, -0.1) is 0 Å². The maximum Gasteiger partial charge on any atom is 0.415 e. The van der Waals surface area contributed by atoms with E-state index in [0.29, 0.717) is 0 Å². The molecule has 0 amide bonds. The number of hydrogen-bond donors (Lipinski definition) is 0. The van der Waals surface area contributed by atoms with E-state index in [9.17, 15) is 9.59 Å². The Balaban J connectivity index is 2.66. The molecule has 1 saturated heterocycles. The largest absolute Gasteiger partial charge is 0.527 e. The second-order valence-corrected chi connectivity index (χ2v) is 2.73. The predicted molar refractivity (Wildman–Crippen MR) is 33.4 cm³/mol. The Morgan fingerprint density at radius 3 is 2.30 bits per heavy atom. The molecule has 0 aromatic rings. The molecule has 0 unspecified atom stereocenters. The molecule has 0 aromatic heterocycles. The highest BCUT2D eigenvalue weighted by Crippen LogP contribution is 2.12. The van der Waals surface area contributed by atoms with E-state index in [1.54, 1.807) is 13.8 Å². The van der Waals surface area contributed by atoms with E-state index in [2.05, 4.69) is 9.39 Å². The van der Waals surface area contributed by atoms with Crippen LogP contribution in [0.2, 0.25) is 0 Å². The lowest BCUT2D eigenvalue weighted by Gasteiger charge is -2.26. The molecule has 0 spiro atoms. The van der Waals surface area contributed by atoms with Gasteiger partial charge in [0.25, 0.3) is 0 Å². The van der Waals surface area contributed by atoms with Gasteiger partial charge in [-0.25, -0.2) is 9.59 Å². The molecule has 10 heavy (non-hydrogen) atoms. The average molecular weight is 142 g/mol. The van der Waals surface area contributed by atoms with Crippen molar-refractivity contribution in [2.24, 2.45) is 0 Å². The molecule has 0 N–H and O–H groups in total. The number of rotatable bonds is 0. The van der Waals surface area contributed by atoms with Crippen molar-refractivity contribution in [1.29, 1.82) is 0 Å². The molecule has 0 saturated carbocycles. The Morgan fingerprint density at radius 2 is 1.90 bits per heavy atom. The quantitative estimate of drug-likeness (QED) is 0.251. The molecular formula is C5H7BO4. The fourth-order valence-corrected chi connectivity index (χ4v) is 0.620. The lowest BCUT2D eigenvalue weighted by atomic mass is 9.77. The number of hydrogen-bond acceptors (Lipinski definition) is 4. The highest BCUT2D eigenvalue weighted by atomic mass is 16.6. The Bertz CT molecular complexity index is 186. The number of carbonyl (C=O) groups is 2. The van der Waals surface area contributed by atoms with Crippen molar-refractivity contribution in [3.63, 3.8) is 0 Å². The summed E-state index contributed by atoms with van der Waals surface area (Å²) in [5.41, 5.74) is -0.662. The summed E-state index contributed by atoms with van der Waals surface area (Å²) in [4.78, 5) is 20.9. The molecule has 54 valence electrons. The zero-order valence-electron chi connectivity index (χ0n) is 5.84. The molecule has 0 aromatic carbocycles. The van der Waals surface area contributed by atoms with Crippen LogP contribution in [-0.4, -0.2) is 24.9 Å². The lowest BCUT2D eigenvalue weighted by Crippen LogP contribution is -2.46. The molecule has 4 nitrogen and oxygen atoms in total. The first-order valence-electron chi connectivity index (χ1n) is 2.91. The standard InChI is InChI=1S/C5H7BO4/c1-5(2)6-10-4(8)3(7)9-5/h6H,1-2H3. The first-order chi connectivity index (χ1) is 4.51. The van der Waals surface area contributed by atoms with Gasteiger partial charge >= 0.3 is 19.4 Å². The smallest absolute Gasteiger partial charge is 0.415 e. The molecular weight excluding hydrogens is 135 g/mol. The normalized spacial score (nSPS) is 22.6. The van der Waals surface area contributed by atoms with Crippen molar-refractivity contribution < 1.29 is 19.0 Å².